The van der Waals surface area contributed by atoms with Gasteiger partial charge in [0.05, 0.1) is 13.0 Å². The summed E-state index contributed by atoms with van der Waals surface area (Å²) >= 11 is 0. The van der Waals surface area contributed by atoms with Crippen LogP contribution in [-0.2, 0) is 16.1 Å². The maximum Gasteiger partial charge on any atom is 0.239 e. The van der Waals surface area contributed by atoms with Crippen molar-refractivity contribution in [3.8, 4) is 5.75 Å². The van der Waals surface area contributed by atoms with Gasteiger partial charge in [0.15, 0.2) is 0 Å². The number of nitrogens with zero attached hydrogens (tertiary/aromatic N) is 3. The topological polar surface area (TPSA) is 65.1 Å². The number of hydrogen-bond donors (Lipinski definition) is 1. The number of methoxy groups -OCH3 is 1. The molecule has 3 rings (SSSR count). The zero-order chi connectivity index (χ0) is 17.8. The average molecular weight is 346 g/mol. The van der Waals surface area contributed by atoms with E-state index in [1.165, 1.54) is 0 Å². The first kappa shape index (κ1) is 17.7. The van der Waals surface area contributed by atoms with Crippen molar-refractivity contribution in [3.05, 3.63) is 29.8 Å². The van der Waals surface area contributed by atoms with Crippen LogP contribution in [0.15, 0.2) is 24.3 Å². The van der Waals surface area contributed by atoms with E-state index in [9.17, 15) is 9.59 Å². The first-order valence-corrected chi connectivity index (χ1v) is 8.70. The maximum atomic E-state index is 12.5. The summed E-state index contributed by atoms with van der Waals surface area (Å²) in [5.74, 6) is 0.510. The molecular formula is C18H26N4O3. The molecule has 7 nitrogen and oxygen atoms in total. The molecule has 1 N–H and O–H groups in total. The van der Waals surface area contributed by atoms with Crippen molar-refractivity contribution in [1.29, 1.82) is 0 Å². The molecule has 1 aromatic rings. The van der Waals surface area contributed by atoms with Gasteiger partial charge in [-0.15, -0.1) is 0 Å². The molecule has 2 fully saturated rings. The molecule has 0 aromatic heterocycles. The normalized spacial score (nSPS) is 22.2. The number of carbonyl (C=O) groups excluding carboxylic acids is 2. The largest absolute Gasteiger partial charge is 0.497 e. The van der Waals surface area contributed by atoms with E-state index >= 15 is 0 Å². The molecule has 0 radical (unpaired) electrons. The van der Waals surface area contributed by atoms with Crippen molar-refractivity contribution in [2.45, 2.75) is 13.0 Å². The number of likely N-dealkylation sites (N-methyl/N-ethyl adjacent to an activating group) is 1. The minimum atomic E-state index is -0.273. The van der Waals surface area contributed by atoms with Crippen molar-refractivity contribution in [1.82, 2.24) is 20.2 Å². The zero-order valence-corrected chi connectivity index (χ0v) is 14.9. The van der Waals surface area contributed by atoms with Gasteiger partial charge in [0.1, 0.15) is 5.75 Å². The van der Waals surface area contributed by atoms with Crippen LogP contribution in [0, 0.1) is 5.92 Å². The van der Waals surface area contributed by atoms with Crippen LogP contribution in [0.25, 0.3) is 0 Å². The van der Waals surface area contributed by atoms with E-state index in [-0.39, 0.29) is 24.2 Å². The molecular weight excluding hydrogens is 320 g/mol. The van der Waals surface area contributed by atoms with Gasteiger partial charge >= 0.3 is 0 Å². The highest BCUT2D eigenvalue weighted by atomic mass is 16.5. The van der Waals surface area contributed by atoms with E-state index in [0.717, 1.165) is 37.5 Å². The first-order chi connectivity index (χ1) is 12.0. The molecule has 2 aliphatic rings. The molecule has 25 heavy (non-hydrogen) atoms. The van der Waals surface area contributed by atoms with Crippen molar-refractivity contribution < 1.29 is 14.3 Å². The molecule has 0 saturated carbocycles. The number of likely N-dealkylation sites (tertiary alicyclic amines) is 1. The predicted molar refractivity (Wildman–Crippen MR) is 93.7 cm³/mol. The third-order valence-electron chi connectivity index (χ3n) is 4.89. The van der Waals surface area contributed by atoms with Crippen LogP contribution in [0.3, 0.4) is 0 Å². The Balaban J connectivity index is 1.51. The summed E-state index contributed by atoms with van der Waals surface area (Å²) in [5, 5.41) is 1.96. The summed E-state index contributed by atoms with van der Waals surface area (Å²) in [6.45, 7) is 4.52. The highest BCUT2D eigenvalue weighted by Crippen LogP contribution is 2.21. The SMILES string of the molecule is COc1ccc(CN2CC(C(=O)NN3CCN(C)CC3)CC2=O)cc1. The average Bonchev–Trinajstić information content (AvgIpc) is 2.98. The van der Waals surface area contributed by atoms with E-state index in [0.29, 0.717) is 13.1 Å². The second-order valence-corrected chi connectivity index (χ2v) is 6.79. The summed E-state index contributed by atoms with van der Waals surface area (Å²) in [5.41, 5.74) is 4.01. The molecule has 1 atom stereocenters. The lowest BCUT2D eigenvalue weighted by molar-refractivity contribution is -0.131. The number of hydrogen-bond acceptors (Lipinski definition) is 5. The van der Waals surface area contributed by atoms with Gasteiger partial charge in [0.2, 0.25) is 11.8 Å². The second kappa shape index (κ2) is 7.84. The molecule has 1 aromatic carbocycles. The number of ether oxygens (including phenoxy) is 1. The molecule has 2 heterocycles. The van der Waals surface area contributed by atoms with Crippen LogP contribution < -0.4 is 10.2 Å². The summed E-state index contributed by atoms with van der Waals surface area (Å²) < 4.78 is 5.15. The van der Waals surface area contributed by atoms with Crippen molar-refractivity contribution >= 4 is 11.8 Å². The highest BCUT2D eigenvalue weighted by Gasteiger charge is 2.35. The fourth-order valence-corrected chi connectivity index (χ4v) is 3.22. The monoisotopic (exact) mass is 346 g/mol. The number of amides is 2. The quantitative estimate of drug-likeness (QED) is 0.832. The fraction of sp³-hybridized carbons (Fsp3) is 0.556. The molecule has 0 spiro atoms. The van der Waals surface area contributed by atoms with Gasteiger partial charge < -0.3 is 14.5 Å². The minimum Gasteiger partial charge on any atom is -0.497 e. The van der Waals surface area contributed by atoms with Gasteiger partial charge in [0.25, 0.3) is 0 Å². The van der Waals surface area contributed by atoms with Crippen LogP contribution in [0.1, 0.15) is 12.0 Å². The van der Waals surface area contributed by atoms with Crippen LogP contribution in [0.5, 0.6) is 5.75 Å². The molecule has 136 valence electrons. The molecule has 0 bridgehead atoms. The second-order valence-electron chi connectivity index (χ2n) is 6.79. The maximum absolute atomic E-state index is 12.5. The molecule has 2 amide bonds. The Hall–Kier alpha value is -2.12. The van der Waals surface area contributed by atoms with Crippen LogP contribution >= 0.6 is 0 Å². The summed E-state index contributed by atoms with van der Waals surface area (Å²) in [4.78, 5) is 28.7. The number of hydrazine groups is 1. The third-order valence-corrected chi connectivity index (χ3v) is 4.89. The predicted octanol–water partition coefficient (Wildman–Crippen LogP) is 0.322. The Labute approximate surface area is 148 Å². The number of rotatable bonds is 5. The van der Waals surface area contributed by atoms with E-state index in [2.05, 4.69) is 17.4 Å². The van der Waals surface area contributed by atoms with E-state index in [1.807, 2.05) is 29.3 Å². The van der Waals surface area contributed by atoms with Crippen LogP contribution in [-0.4, -0.2) is 73.5 Å². The number of nitrogens with one attached hydrogen (secondary N) is 1. The van der Waals surface area contributed by atoms with E-state index in [1.54, 1.807) is 12.0 Å². The summed E-state index contributed by atoms with van der Waals surface area (Å²) in [6.07, 6.45) is 0.287. The standard InChI is InChI=1S/C18H26N4O3/c1-20-7-9-22(10-8-20)19-18(24)15-11-17(23)21(13-15)12-14-3-5-16(25-2)6-4-14/h3-6,15H,7-13H2,1-2H3,(H,19,24). The molecule has 1 unspecified atom stereocenters. The number of benzene rings is 1. The Bertz CT molecular complexity index is 611. The highest BCUT2D eigenvalue weighted by molar-refractivity contribution is 5.89. The number of carbonyl (C=O) groups is 2. The molecule has 2 aliphatic heterocycles. The Morgan fingerprint density at radius 1 is 1.20 bits per heavy atom. The van der Waals surface area contributed by atoms with Gasteiger partial charge in [-0.3, -0.25) is 15.0 Å². The molecule has 2 saturated heterocycles. The van der Waals surface area contributed by atoms with Gasteiger partial charge in [0, 0.05) is 45.7 Å². The smallest absolute Gasteiger partial charge is 0.239 e. The summed E-state index contributed by atoms with van der Waals surface area (Å²) in [7, 11) is 3.70. The lowest BCUT2D eigenvalue weighted by atomic mass is 10.1. The van der Waals surface area contributed by atoms with Crippen LogP contribution in [0.4, 0.5) is 0 Å². The Kier molecular flexibility index (Phi) is 5.55. The Morgan fingerprint density at radius 3 is 2.52 bits per heavy atom. The van der Waals surface area contributed by atoms with Crippen molar-refractivity contribution in [2.75, 3.05) is 46.9 Å². The zero-order valence-electron chi connectivity index (χ0n) is 14.9. The van der Waals surface area contributed by atoms with E-state index < -0.39 is 0 Å². The molecule has 0 aliphatic carbocycles. The Morgan fingerprint density at radius 2 is 1.88 bits per heavy atom. The third kappa shape index (κ3) is 4.49. The van der Waals surface area contributed by atoms with Gasteiger partial charge in [-0.25, -0.2) is 5.01 Å². The van der Waals surface area contributed by atoms with E-state index in [4.69, 9.17) is 4.74 Å². The summed E-state index contributed by atoms with van der Waals surface area (Å²) in [6, 6.07) is 7.66. The van der Waals surface area contributed by atoms with Crippen molar-refractivity contribution in [3.63, 3.8) is 0 Å². The lowest BCUT2D eigenvalue weighted by Gasteiger charge is -2.32. The molecule has 7 heteroatoms. The minimum absolute atomic E-state index is 0.0364. The van der Waals surface area contributed by atoms with Gasteiger partial charge in [-0.1, -0.05) is 12.1 Å². The first-order valence-electron chi connectivity index (χ1n) is 8.70. The number of piperazine rings is 1. The van der Waals surface area contributed by atoms with Crippen molar-refractivity contribution in [2.24, 2.45) is 5.92 Å². The lowest BCUT2D eigenvalue weighted by Crippen LogP contribution is -2.53. The van der Waals surface area contributed by atoms with Crippen LogP contribution in [0.2, 0.25) is 0 Å². The van der Waals surface area contributed by atoms with Gasteiger partial charge in [-0.05, 0) is 24.7 Å². The fourth-order valence-electron chi connectivity index (χ4n) is 3.22. The van der Waals surface area contributed by atoms with Gasteiger partial charge in [-0.2, -0.15) is 0 Å².